The summed E-state index contributed by atoms with van der Waals surface area (Å²) in [5.41, 5.74) is 10.6. The summed E-state index contributed by atoms with van der Waals surface area (Å²) in [6, 6.07) is -1.99. The van der Waals surface area contributed by atoms with Gasteiger partial charge >= 0.3 is 35.0 Å². The van der Waals surface area contributed by atoms with E-state index in [0.717, 1.165) is 51.4 Å². The fourth-order valence-electron chi connectivity index (χ4n) is 3.30. The largest absolute Gasteiger partial charge is 2.00 e. The first-order valence-corrected chi connectivity index (χ1v) is 13.8. The average molecular weight is 599 g/mol. The maximum atomic E-state index is 11.3. The topological polar surface area (TPSA) is 265 Å². The third-order valence-electron chi connectivity index (χ3n) is 5.76. The quantitative estimate of drug-likeness (QED) is 0.0541. The molecule has 0 aromatic heterocycles. The van der Waals surface area contributed by atoms with Crippen LogP contribution in [0, 0.1) is 0 Å². The molecular weight excluding hydrogens is 553 g/mol. The summed E-state index contributed by atoms with van der Waals surface area (Å²) in [5, 5.41) is 42.8. The molecule has 2 amide bonds. The zero-order chi connectivity index (χ0) is 30.8. The van der Waals surface area contributed by atoms with Gasteiger partial charge in [0.1, 0.15) is 12.1 Å². The van der Waals surface area contributed by atoms with Gasteiger partial charge in [-0.05, 0) is 51.4 Å². The zero-order valence-electron chi connectivity index (χ0n) is 23.9. The van der Waals surface area contributed by atoms with E-state index in [4.69, 9.17) is 21.7 Å². The number of nitrogens with two attached hydrogens (primary N) is 2. The molecular formula is C26H46MgN4O10. The zero-order valence-corrected chi connectivity index (χ0v) is 25.3. The first kappa shape index (κ1) is 43.0. The number of amides is 2. The second-order valence-electron chi connectivity index (χ2n) is 9.45. The molecule has 41 heavy (non-hydrogen) atoms. The van der Waals surface area contributed by atoms with Gasteiger partial charge in [-0.25, -0.2) is 0 Å². The Labute approximate surface area is 257 Å². The smallest absolute Gasteiger partial charge is 0.550 e. The van der Waals surface area contributed by atoms with Crippen molar-refractivity contribution >= 4 is 58.7 Å². The van der Waals surface area contributed by atoms with Gasteiger partial charge in [0.15, 0.2) is 0 Å². The van der Waals surface area contributed by atoms with Gasteiger partial charge in [0, 0.05) is 37.9 Å². The molecule has 0 aromatic rings. The van der Waals surface area contributed by atoms with E-state index < -0.39 is 36.0 Å². The van der Waals surface area contributed by atoms with Crippen LogP contribution in [0.4, 0.5) is 0 Å². The molecule has 15 heteroatoms. The van der Waals surface area contributed by atoms with E-state index in [9.17, 15) is 39.0 Å². The number of aliphatic carboxylic acids is 4. The molecule has 2 atom stereocenters. The predicted octanol–water partition coefficient (Wildman–Crippen LogP) is -1.61. The van der Waals surface area contributed by atoms with E-state index in [0.29, 0.717) is 25.9 Å². The fraction of sp³-hybridized carbons (Fsp3) is 0.769. The molecule has 0 rings (SSSR count). The van der Waals surface area contributed by atoms with Crippen molar-refractivity contribution < 1.29 is 49.2 Å². The second-order valence-corrected chi connectivity index (χ2v) is 9.45. The van der Waals surface area contributed by atoms with Crippen molar-refractivity contribution in [2.75, 3.05) is 13.1 Å². The van der Waals surface area contributed by atoms with Crippen LogP contribution in [0.15, 0.2) is 0 Å². The van der Waals surface area contributed by atoms with Gasteiger partial charge in [-0.1, -0.05) is 38.5 Å². The van der Waals surface area contributed by atoms with Crippen LogP contribution in [-0.4, -0.2) is 94.1 Å². The second kappa shape index (κ2) is 29.0. The summed E-state index contributed by atoms with van der Waals surface area (Å²) in [6.45, 7) is 1.09. The van der Waals surface area contributed by atoms with Gasteiger partial charge in [0.05, 0.1) is 0 Å². The molecule has 0 radical (unpaired) electrons. The van der Waals surface area contributed by atoms with Gasteiger partial charge in [0.25, 0.3) is 0 Å². The summed E-state index contributed by atoms with van der Waals surface area (Å²) in [4.78, 5) is 63.9. The van der Waals surface area contributed by atoms with Crippen molar-refractivity contribution in [3.63, 3.8) is 0 Å². The minimum atomic E-state index is -1.10. The number of carbonyl (C=O) groups is 6. The molecule has 0 bridgehead atoms. The number of carbonyl (C=O) groups excluding carboxylic acids is 4. The van der Waals surface area contributed by atoms with E-state index in [-0.39, 0.29) is 73.4 Å². The van der Waals surface area contributed by atoms with Gasteiger partial charge < -0.3 is 52.1 Å². The number of hydrogen-bond acceptors (Lipinski definition) is 10. The molecule has 0 aliphatic heterocycles. The van der Waals surface area contributed by atoms with Crippen LogP contribution in [0.2, 0.25) is 0 Å². The van der Waals surface area contributed by atoms with Crippen molar-refractivity contribution in [3.8, 4) is 0 Å². The summed E-state index contributed by atoms with van der Waals surface area (Å²) >= 11 is 0. The third-order valence-corrected chi connectivity index (χ3v) is 5.76. The molecule has 0 spiro atoms. The Bertz CT molecular complexity index is 709. The van der Waals surface area contributed by atoms with E-state index in [1.807, 2.05) is 0 Å². The summed E-state index contributed by atoms with van der Waals surface area (Å²) in [7, 11) is 0. The van der Waals surface area contributed by atoms with Crippen LogP contribution in [0.3, 0.4) is 0 Å². The molecule has 14 nitrogen and oxygen atoms in total. The average Bonchev–Trinajstić information content (AvgIpc) is 2.88. The molecule has 0 saturated heterocycles. The maximum absolute atomic E-state index is 11.3. The van der Waals surface area contributed by atoms with Gasteiger partial charge in [-0.2, -0.15) is 0 Å². The molecule has 0 saturated carbocycles. The van der Waals surface area contributed by atoms with Crippen molar-refractivity contribution in [3.05, 3.63) is 0 Å². The predicted molar refractivity (Wildman–Crippen MR) is 147 cm³/mol. The Morgan fingerprint density at radius 1 is 0.537 bits per heavy atom. The maximum Gasteiger partial charge on any atom is 2.00 e. The van der Waals surface area contributed by atoms with Crippen LogP contribution in [0.1, 0.15) is 103 Å². The first-order chi connectivity index (χ1) is 18.9. The Hall–Kier alpha value is -2.49. The van der Waals surface area contributed by atoms with Gasteiger partial charge in [0.2, 0.25) is 11.8 Å². The normalized spacial score (nSPS) is 11.6. The number of carboxylic acid groups (broad SMARTS) is 4. The number of unbranched alkanes of at least 4 members (excludes halogenated alkanes) is 8. The van der Waals surface area contributed by atoms with Crippen molar-refractivity contribution in [2.24, 2.45) is 11.5 Å². The molecule has 0 heterocycles. The van der Waals surface area contributed by atoms with E-state index in [1.165, 1.54) is 0 Å². The van der Waals surface area contributed by atoms with Crippen LogP contribution in [0.25, 0.3) is 0 Å². The third kappa shape index (κ3) is 33.6. The SMILES string of the molecule is N[C@@H](CCC(=O)NCCCCCCCC(=O)[O-])C(=O)O.N[C@@H](CCC(=O)NCCCCCCCC(=O)[O-])C(=O)O.[Mg+2]. The standard InChI is InChI=1S/2C13H24N2O5.Mg/c2*14-10(13(19)20)7-8-11(16)15-9-5-3-1-2-4-6-12(17)18;/h2*10H,1-9,14H2,(H,15,16)(H,17,18)(H,19,20);/q;;+2/p-2/t2*10-;/m00./s1. The van der Waals surface area contributed by atoms with Crippen molar-refractivity contribution in [1.29, 1.82) is 0 Å². The Kier molecular flexibility index (Phi) is 30.4. The molecule has 232 valence electrons. The Balaban J connectivity index is -0.000000688. The minimum absolute atomic E-state index is 0. The molecule has 0 aliphatic rings. The fourth-order valence-corrected chi connectivity index (χ4v) is 3.30. The van der Waals surface area contributed by atoms with Crippen molar-refractivity contribution in [2.45, 2.75) is 115 Å². The molecule has 0 fully saturated rings. The monoisotopic (exact) mass is 598 g/mol. The minimum Gasteiger partial charge on any atom is -0.550 e. The number of nitrogens with one attached hydrogen (secondary N) is 2. The summed E-state index contributed by atoms with van der Waals surface area (Å²) in [5.74, 6) is -4.63. The first-order valence-electron chi connectivity index (χ1n) is 13.8. The van der Waals surface area contributed by atoms with Crippen LogP contribution in [0.5, 0.6) is 0 Å². The van der Waals surface area contributed by atoms with Gasteiger partial charge in [-0.3, -0.25) is 19.2 Å². The molecule has 0 aromatic carbocycles. The Morgan fingerprint density at radius 3 is 1.12 bits per heavy atom. The van der Waals surface area contributed by atoms with Gasteiger partial charge in [-0.15, -0.1) is 0 Å². The van der Waals surface area contributed by atoms with Crippen LogP contribution in [-0.2, 0) is 28.8 Å². The number of rotatable bonds is 24. The van der Waals surface area contributed by atoms with E-state index in [1.54, 1.807) is 0 Å². The molecule has 0 aliphatic carbocycles. The van der Waals surface area contributed by atoms with Crippen LogP contribution >= 0.6 is 0 Å². The number of carboxylic acids is 4. The molecule has 0 unspecified atom stereocenters. The van der Waals surface area contributed by atoms with E-state index >= 15 is 0 Å². The van der Waals surface area contributed by atoms with Crippen molar-refractivity contribution in [1.82, 2.24) is 10.6 Å². The summed E-state index contributed by atoms with van der Waals surface area (Å²) < 4.78 is 0. The van der Waals surface area contributed by atoms with E-state index in [2.05, 4.69) is 10.6 Å². The number of hydrogen-bond donors (Lipinski definition) is 6. The summed E-state index contributed by atoms with van der Waals surface area (Å²) in [6.07, 6.45) is 8.94. The van der Waals surface area contributed by atoms with Crippen LogP contribution < -0.4 is 32.3 Å². The molecule has 8 N–H and O–H groups in total. The Morgan fingerprint density at radius 2 is 0.829 bits per heavy atom.